The molecule has 0 amide bonds. The van der Waals surface area contributed by atoms with Crippen LogP contribution >= 0.6 is 0 Å². The van der Waals surface area contributed by atoms with Gasteiger partial charge in [-0.1, -0.05) is 0 Å². The summed E-state index contributed by atoms with van der Waals surface area (Å²) in [6, 6.07) is 2.20. The van der Waals surface area contributed by atoms with Crippen LogP contribution in [-0.4, -0.2) is 64.2 Å². The number of alkyl halides is 2. The van der Waals surface area contributed by atoms with Crippen LogP contribution in [0.1, 0.15) is 19.3 Å². The van der Waals surface area contributed by atoms with E-state index in [0.29, 0.717) is 31.2 Å². The second-order valence-electron chi connectivity index (χ2n) is 8.57. The molecule has 6 rings (SSSR count). The van der Waals surface area contributed by atoms with Crippen molar-refractivity contribution < 1.29 is 13.5 Å². The van der Waals surface area contributed by atoms with Crippen LogP contribution in [0.5, 0.6) is 0 Å². The normalized spacial score (nSPS) is 31.8. The molecule has 5 heterocycles. The number of fused-ring (bicyclic) bond motifs is 2. The minimum Gasteiger partial charge on any atom is -0.374 e. The van der Waals surface area contributed by atoms with Crippen molar-refractivity contribution in [2.45, 2.75) is 37.3 Å². The number of rotatable bonds is 3. The number of nitrogens with zero attached hydrogens (tertiary/aromatic N) is 6. The van der Waals surface area contributed by atoms with Crippen LogP contribution < -0.4 is 15.5 Å². The molecule has 29 heavy (non-hydrogen) atoms. The van der Waals surface area contributed by atoms with Crippen molar-refractivity contribution in [3.05, 3.63) is 18.5 Å². The summed E-state index contributed by atoms with van der Waals surface area (Å²) in [7, 11) is 0. The van der Waals surface area contributed by atoms with E-state index in [9.17, 15) is 8.78 Å². The van der Waals surface area contributed by atoms with Crippen molar-refractivity contribution in [2.75, 3.05) is 41.8 Å². The number of anilines is 3. The Labute approximate surface area is 166 Å². The van der Waals surface area contributed by atoms with E-state index >= 15 is 0 Å². The van der Waals surface area contributed by atoms with Crippen molar-refractivity contribution in [3.63, 3.8) is 0 Å². The third-order valence-electron chi connectivity index (χ3n) is 6.71. The molecule has 2 aromatic rings. The first-order chi connectivity index (χ1) is 13.9. The van der Waals surface area contributed by atoms with Crippen LogP contribution in [0, 0.1) is 5.41 Å². The van der Waals surface area contributed by atoms with Crippen LogP contribution in [0.25, 0.3) is 11.3 Å². The summed E-state index contributed by atoms with van der Waals surface area (Å²) in [5.41, 5.74) is 6.09. The Kier molecular flexibility index (Phi) is 3.40. The first kappa shape index (κ1) is 17.3. The number of hydrogen-bond donors (Lipinski definition) is 1. The molecule has 4 fully saturated rings. The lowest BCUT2D eigenvalue weighted by atomic mass is 10.1. The molecule has 0 radical (unpaired) electrons. The first-order valence-corrected chi connectivity index (χ1v) is 9.91. The SMILES string of the molecule is Nc1ncc(-c2cc(N3C[C@@H]4C[C@H]3CO4)nc(N3CCC4(C3)CC4(F)F)n2)cn1. The summed E-state index contributed by atoms with van der Waals surface area (Å²) in [5, 5.41) is 0. The van der Waals surface area contributed by atoms with E-state index in [1.54, 1.807) is 12.4 Å². The Morgan fingerprint density at radius 1 is 1.21 bits per heavy atom. The molecule has 2 aromatic heterocycles. The number of hydrogen-bond acceptors (Lipinski definition) is 8. The molecule has 3 aliphatic heterocycles. The highest BCUT2D eigenvalue weighted by atomic mass is 19.3. The zero-order valence-electron chi connectivity index (χ0n) is 15.8. The summed E-state index contributed by atoms with van der Waals surface area (Å²) in [5.74, 6) is -1.10. The Morgan fingerprint density at radius 2 is 2.00 bits per heavy atom. The number of ether oxygens (including phenoxy) is 1. The quantitative estimate of drug-likeness (QED) is 0.831. The van der Waals surface area contributed by atoms with Gasteiger partial charge in [-0.2, -0.15) is 4.98 Å². The highest BCUT2D eigenvalue weighted by molar-refractivity contribution is 5.65. The monoisotopic (exact) mass is 401 g/mol. The van der Waals surface area contributed by atoms with Gasteiger partial charge in [0.15, 0.2) is 0 Å². The molecule has 3 atom stereocenters. The number of aromatic nitrogens is 4. The molecule has 2 bridgehead atoms. The largest absolute Gasteiger partial charge is 0.374 e. The van der Waals surface area contributed by atoms with E-state index < -0.39 is 11.3 Å². The van der Waals surface area contributed by atoms with Crippen LogP contribution in [0.2, 0.25) is 0 Å². The smallest absolute Gasteiger partial charge is 0.256 e. The maximum Gasteiger partial charge on any atom is 0.256 e. The van der Waals surface area contributed by atoms with Gasteiger partial charge in [0.2, 0.25) is 11.9 Å². The summed E-state index contributed by atoms with van der Waals surface area (Å²) in [6.07, 6.45) is 4.88. The molecule has 1 aliphatic carbocycles. The highest BCUT2D eigenvalue weighted by Gasteiger charge is 2.72. The average molecular weight is 401 g/mol. The standard InChI is InChI=1S/C19H21F2N7O/c20-19(21)9-18(19)1-2-27(10-18)17-25-14(11-5-23-16(22)24-6-11)4-15(26-17)28-7-13-3-12(28)8-29-13/h4-6,12-13H,1-3,7-10H2,(H2,22,23,24)/t12-,13-,18?/m0/s1. The molecule has 0 aromatic carbocycles. The van der Waals surface area contributed by atoms with Gasteiger partial charge in [0.1, 0.15) is 5.82 Å². The molecule has 1 unspecified atom stereocenters. The van der Waals surface area contributed by atoms with Crippen LogP contribution in [-0.2, 0) is 4.74 Å². The van der Waals surface area contributed by atoms with Crippen molar-refractivity contribution in [2.24, 2.45) is 5.41 Å². The number of nitrogen functional groups attached to an aromatic ring is 1. The molecule has 8 nitrogen and oxygen atoms in total. The molecular formula is C19H21F2N7O. The van der Waals surface area contributed by atoms with Crippen molar-refractivity contribution in [1.29, 1.82) is 0 Å². The van der Waals surface area contributed by atoms with E-state index in [1.807, 2.05) is 11.0 Å². The van der Waals surface area contributed by atoms with Crippen LogP contribution in [0.4, 0.5) is 26.5 Å². The van der Waals surface area contributed by atoms with Gasteiger partial charge < -0.3 is 20.3 Å². The predicted molar refractivity (Wildman–Crippen MR) is 102 cm³/mol. The second-order valence-corrected chi connectivity index (χ2v) is 8.57. The minimum absolute atomic E-state index is 0.0396. The fraction of sp³-hybridized carbons (Fsp3) is 0.579. The lowest BCUT2D eigenvalue weighted by Gasteiger charge is -2.29. The maximum atomic E-state index is 13.9. The zero-order chi connectivity index (χ0) is 19.8. The Bertz CT molecular complexity index is 972. The average Bonchev–Trinajstić information content (AvgIpc) is 3.22. The molecular weight excluding hydrogens is 380 g/mol. The number of morpholine rings is 1. The van der Waals surface area contributed by atoms with E-state index in [-0.39, 0.29) is 31.1 Å². The third kappa shape index (κ3) is 2.65. The van der Waals surface area contributed by atoms with Crippen LogP contribution in [0.15, 0.2) is 18.5 Å². The molecule has 1 saturated carbocycles. The molecule has 1 spiro atoms. The Hall–Kier alpha value is -2.62. The molecule has 3 saturated heterocycles. The minimum atomic E-state index is -2.57. The van der Waals surface area contributed by atoms with Crippen LogP contribution in [0.3, 0.4) is 0 Å². The highest BCUT2D eigenvalue weighted by Crippen LogP contribution is 2.65. The fourth-order valence-electron chi connectivity index (χ4n) is 4.88. The van der Waals surface area contributed by atoms with Gasteiger partial charge in [0.25, 0.3) is 5.92 Å². The fourth-order valence-corrected chi connectivity index (χ4v) is 4.88. The summed E-state index contributed by atoms with van der Waals surface area (Å²) >= 11 is 0. The van der Waals surface area contributed by atoms with Gasteiger partial charge in [-0.3, -0.25) is 0 Å². The van der Waals surface area contributed by atoms with Crippen molar-refractivity contribution in [1.82, 2.24) is 19.9 Å². The maximum absolute atomic E-state index is 13.9. The first-order valence-electron chi connectivity index (χ1n) is 9.91. The Balaban J connectivity index is 1.38. The van der Waals surface area contributed by atoms with Crippen molar-refractivity contribution >= 4 is 17.7 Å². The van der Waals surface area contributed by atoms with Gasteiger partial charge in [0.05, 0.1) is 29.9 Å². The number of halogens is 2. The Morgan fingerprint density at radius 3 is 2.62 bits per heavy atom. The molecule has 152 valence electrons. The summed E-state index contributed by atoms with van der Waals surface area (Å²) in [4.78, 5) is 21.7. The molecule has 10 heteroatoms. The lowest BCUT2D eigenvalue weighted by Crippen LogP contribution is -2.38. The second kappa shape index (κ2) is 5.71. The van der Waals surface area contributed by atoms with Crippen molar-refractivity contribution in [3.8, 4) is 11.3 Å². The predicted octanol–water partition coefficient (Wildman–Crippen LogP) is 1.73. The summed E-state index contributed by atoms with van der Waals surface area (Å²) < 4.78 is 33.5. The molecule has 4 aliphatic rings. The van der Waals surface area contributed by atoms with E-state index in [1.165, 1.54) is 0 Å². The zero-order valence-corrected chi connectivity index (χ0v) is 15.8. The van der Waals surface area contributed by atoms with E-state index in [4.69, 9.17) is 15.5 Å². The van der Waals surface area contributed by atoms with Gasteiger partial charge >= 0.3 is 0 Å². The number of nitrogens with two attached hydrogens (primary N) is 1. The molecule has 2 N–H and O–H groups in total. The third-order valence-corrected chi connectivity index (χ3v) is 6.71. The van der Waals surface area contributed by atoms with Gasteiger partial charge in [-0.05, 0) is 12.8 Å². The van der Waals surface area contributed by atoms with Gasteiger partial charge in [0, 0.05) is 50.1 Å². The lowest BCUT2D eigenvalue weighted by molar-refractivity contribution is 0.0710. The summed E-state index contributed by atoms with van der Waals surface area (Å²) in [6.45, 7) is 2.28. The van der Waals surface area contributed by atoms with E-state index in [2.05, 4.69) is 19.9 Å². The van der Waals surface area contributed by atoms with Gasteiger partial charge in [-0.25, -0.2) is 23.7 Å². The van der Waals surface area contributed by atoms with Gasteiger partial charge in [-0.15, -0.1) is 0 Å². The topological polar surface area (TPSA) is 93.3 Å². The van der Waals surface area contributed by atoms with E-state index in [0.717, 1.165) is 24.3 Å².